The number of benzene rings is 3. The van der Waals surface area contributed by atoms with Gasteiger partial charge in [0.15, 0.2) is 0 Å². The minimum atomic E-state index is -0.616. The summed E-state index contributed by atoms with van der Waals surface area (Å²) in [6, 6.07) is 23.1. The summed E-state index contributed by atoms with van der Waals surface area (Å²) in [5, 5.41) is 10.3. The van der Waals surface area contributed by atoms with E-state index in [0.29, 0.717) is 23.3 Å². The highest BCUT2D eigenvalue weighted by Gasteiger charge is 2.34. The SMILES string of the molecule is N=C(N)c1ccc(-c2ccc(OC[C@@H]3C[C@@H](CC(=O)OCOC(=O)c4ccccc4)C(=O)N3)cc2)cc1. The molecule has 1 heterocycles. The van der Waals surface area contributed by atoms with Crippen molar-refractivity contribution in [2.24, 2.45) is 11.7 Å². The standard InChI is InChI=1S/C28H27N3O6/c29-26(30)20-8-6-18(7-9-20)19-10-12-24(13-11-19)35-16-23-14-22(27(33)31-23)15-25(32)36-17-37-28(34)21-4-2-1-3-5-21/h1-13,22-23H,14-17H2,(H3,29,30)(H,31,33)/t22-,23-/m0/s1. The average molecular weight is 502 g/mol. The second-order valence-corrected chi connectivity index (χ2v) is 8.60. The Morgan fingerprint density at radius 1 is 0.892 bits per heavy atom. The van der Waals surface area contributed by atoms with Gasteiger partial charge < -0.3 is 25.3 Å². The van der Waals surface area contributed by atoms with Crippen molar-refractivity contribution in [3.05, 3.63) is 90.0 Å². The number of amides is 1. The van der Waals surface area contributed by atoms with Gasteiger partial charge in [0.05, 0.1) is 23.9 Å². The quantitative estimate of drug-likeness (QED) is 0.168. The molecule has 0 bridgehead atoms. The monoisotopic (exact) mass is 501 g/mol. The number of nitrogen functional groups attached to an aromatic ring is 1. The van der Waals surface area contributed by atoms with Gasteiger partial charge in [-0.25, -0.2) is 4.79 Å². The Bertz CT molecular complexity index is 1260. The molecular formula is C28H27N3O6. The van der Waals surface area contributed by atoms with E-state index in [-0.39, 0.29) is 30.8 Å². The molecule has 3 aromatic rings. The van der Waals surface area contributed by atoms with Crippen molar-refractivity contribution in [2.75, 3.05) is 13.4 Å². The van der Waals surface area contributed by atoms with Crippen LogP contribution in [0.5, 0.6) is 5.75 Å². The summed E-state index contributed by atoms with van der Waals surface area (Å²) in [6.45, 7) is -0.247. The summed E-state index contributed by atoms with van der Waals surface area (Å²) < 4.78 is 15.7. The molecule has 2 atom stereocenters. The van der Waals surface area contributed by atoms with Crippen molar-refractivity contribution in [3.8, 4) is 16.9 Å². The van der Waals surface area contributed by atoms with Gasteiger partial charge in [-0.2, -0.15) is 0 Å². The number of rotatable bonds is 10. The highest BCUT2D eigenvalue weighted by atomic mass is 16.7. The molecule has 4 N–H and O–H groups in total. The lowest BCUT2D eigenvalue weighted by molar-refractivity contribution is -0.154. The molecule has 0 radical (unpaired) electrons. The number of esters is 2. The van der Waals surface area contributed by atoms with Crippen molar-refractivity contribution in [2.45, 2.75) is 18.9 Å². The van der Waals surface area contributed by atoms with Crippen molar-refractivity contribution in [1.29, 1.82) is 5.41 Å². The third-order valence-corrected chi connectivity index (χ3v) is 5.95. The molecule has 1 saturated heterocycles. The summed E-state index contributed by atoms with van der Waals surface area (Å²) >= 11 is 0. The maximum atomic E-state index is 12.3. The highest BCUT2D eigenvalue weighted by Crippen LogP contribution is 2.24. The van der Waals surface area contributed by atoms with Crippen LogP contribution in [0.2, 0.25) is 0 Å². The topological polar surface area (TPSA) is 141 Å². The number of nitrogens with one attached hydrogen (secondary N) is 2. The van der Waals surface area contributed by atoms with Crippen molar-refractivity contribution in [3.63, 3.8) is 0 Å². The molecule has 0 unspecified atom stereocenters. The fourth-order valence-electron chi connectivity index (χ4n) is 3.96. The Morgan fingerprint density at radius 2 is 1.54 bits per heavy atom. The number of nitrogens with two attached hydrogens (primary N) is 1. The predicted octanol–water partition coefficient (Wildman–Crippen LogP) is 3.27. The maximum Gasteiger partial charge on any atom is 0.340 e. The van der Waals surface area contributed by atoms with Crippen molar-refractivity contribution < 1.29 is 28.6 Å². The van der Waals surface area contributed by atoms with Crippen LogP contribution >= 0.6 is 0 Å². The molecule has 0 saturated carbocycles. The van der Waals surface area contributed by atoms with E-state index in [0.717, 1.165) is 11.1 Å². The summed E-state index contributed by atoms with van der Waals surface area (Å²) in [5.74, 6) is -1.31. The molecule has 0 aliphatic carbocycles. The third kappa shape index (κ3) is 6.94. The number of hydrogen-bond donors (Lipinski definition) is 3. The minimum absolute atomic E-state index is 0.0257. The Hall–Kier alpha value is -4.66. The Kier molecular flexibility index (Phi) is 8.15. The summed E-state index contributed by atoms with van der Waals surface area (Å²) in [6.07, 6.45) is 0.320. The van der Waals surface area contributed by atoms with Crippen LogP contribution in [0, 0.1) is 11.3 Å². The molecule has 1 aliphatic heterocycles. The third-order valence-electron chi connectivity index (χ3n) is 5.95. The maximum absolute atomic E-state index is 12.3. The Labute approximate surface area is 214 Å². The lowest BCUT2D eigenvalue weighted by Crippen LogP contribution is -2.31. The van der Waals surface area contributed by atoms with Gasteiger partial charge in [0.1, 0.15) is 18.2 Å². The van der Waals surface area contributed by atoms with E-state index in [4.69, 9.17) is 25.4 Å². The average Bonchev–Trinajstić information content (AvgIpc) is 3.26. The molecule has 1 amide bonds. The van der Waals surface area contributed by atoms with E-state index in [1.54, 1.807) is 42.5 Å². The van der Waals surface area contributed by atoms with Gasteiger partial charge in [0.2, 0.25) is 12.7 Å². The zero-order valence-electron chi connectivity index (χ0n) is 20.0. The van der Waals surface area contributed by atoms with Crippen LogP contribution in [0.4, 0.5) is 0 Å². The highest BCUT2D eigenvalue weighted by molar-refractivity contribution is 5.95. The van der Waals surface area contributed by atoms with Crippen LogP contribution < -0.4 is 15.8 Å². The first-order chi connectivity index (χ1) is 17.9. The van der Waals surface area contributed by atoms with Crippen LogP contribution in [-0.2, 0) is 19.1 Å². The summed E-state index contributed by atoms with van der Waals surface area (Å²) in [5.41, 5.74) is 8.50. The molecule has 4 rings (SSSR count). The van der Waals surface area contributed by atoms with Crippen LogP contribution in [-0.4, -0.2) is 43.1 Å². The number of carbonyl (C=O) groups is 3. The molecular weight excluding hydrogens is 474 g/mol. The van der Waals surface area contributed by atoms with Gasteiger partial charge in [0.25, 0.3) is 0 Å². The molecule has 1 fully saturated rings. The summed E-state index contributed by atoms with van der Waals surface area (Å²) in [7, 11) is 0. The van der Waals surface area contributed by atoms with Gasteiger partial charge in [-0.1, -0.05) is 54.6 Å². The molecule has 9 nitrogen and oxygen atoms in total. The van der Waals surface area contributed by atoms with Crippen LogP contribution in [0.25, 0.3) is 11.1 Å². The minimum Gasteiger partial charge on any atom is -0.491 e. The molecule has 190 valence electrons. The van der Waals surface area contributed by atoms with E-state index in [9.17, 15) is 14.4 Å². The Morgan fingerprint density at radius 3 is 2.19 bits per heavy atom. The molecule has 37 heavy (non-hydrogen) atoms. The van der Waals surface area contributed by atoms with Gasteiger partial charge in [-0.05, 0) is 41.8 Å². The first-order valence-electron chi connectivity index (χ1n) is 11.7. The Balaban J connectivity index is 1.19. The summed E-state index contributed by atoms with van der Waals surface area (Å²) in [4.78, 5) is 36.3. The van der Waals surface area contributed by atoms with Gasteiger partial charge >= 0.3 is 11.9 Å². The fraction of sp³-hybridized carbons (Fsp3) is 0.214. The molecule has 0 aromatic heterocycles. The van der Waals surface area contributed by atoms with E-state index < -0.39 is 24.6 Å². The zero-order valence-corrected chi connectivity index (χ0v) is 20.0. The van der Waals surface area contributed by atoms with E-state index >= 15 is 0 Å². The van der Waals surface area contributed by atoms with E-state index in [1.165, 1.54) is 0 Å². The second kappa shape index (κ2) is 11.9. The molecule has 1 aliphatic rings. The predicted molar refractivity (Wildman–Crippen MR) is 136 cm³/mol. The molecule has 9 heteroatoms. The zero-order chi connectivity index (χ0) is 26.2. The lowest BCUT2D eigenvalue weighted by atomic mass is 10.0. The van der Waals surface area contributed by atoms with Crippen molar-refractivity contribution in [1.82, 2.24) is 5.32 Å². The molecule has 3 aromatic carbocycles. The van der Waals surface area contributed by atoms with Crippen molar-refractivity contribution >= 4 is 23.7 Å². The molecule has 0 spiro atoms. The van der Waals surface area contributed by atoms with E-state index in [2.05, 4.69) is 5.32 Å². The van der Waals surface area contributed by atoms with Crippen LogP contribution in [0.15, 0.2) is 78.9 Å². The largest absolute Gasteiger partial charge is 0.491 e. The first kappa shape index (κ1) is 25.4. The number of carbonyl (C=O) groups excluding carboxylic acids is 3. The van der Waals surface area contributed by atoms with E-state index in [1.807, 2.05) is 36.4 Å². The fourth-order valence-corrected chi connectivity index (χ4v) is 3.96. The number of hydrogen-bond acceptors (Lipinski definition) is 7. The second-order valence-electron chi connectivity index (χ2n) is 8.60. The first-order valence-corrected chi connectivity index (χ1v) is 11.7. The van der Waals surface area contributed by atoms with Gasteiger partial charge in [0, 0.05) is 5.56 Å². The number of ether oxygens (including phenoxy) is 3. The van der Waals surface area contributed by atoms with Crippen LogP contribution in [0.3, 0.4) is 0 Å². The number of amidine groups is 1. The van der Waals surface area contributed by atoms with Gasteiger partial charge in [-0.3, -0.25) is 15.0 Å². The smallest absolute Gasteiger partial charge is 0.340 e. The lowest BCUT2D eigenvalue weighted by Gasteiger charge is -2.12. The normalized spacial score (nSPS) is 16.5. The van der Waals surface area contributed by atoms with Crippen LogP contribution in [0.1, 0.15) is 28.8 Å². The van der Waals surface area contributed by atoms with Gasteiger partial charge in [-0.15, -0.1) is 0 Å².